The van der Waals surface area contributed by atoms with E-state index >= 15 is 0 Å². The summed E-state index contributed by atoms with van der Waals surface area (Å²) in [5.41, 5.74) is -0.851. The summed E-state index contributed by atoms with van der Waals surface area (Å²) >= 11 is 4.75. The molecule has 1 aromatic rings. The molecule has 0 saturated carbocycles. The second-order valence-corrected chi connectivity index (χ2v) is 2.15. The molecule has 0 amide bonds. The molecule has 0 radical (unpaired) electrons. The van der Waals surface area contributed by atoms with Gasteiger partial charge in [-0.25, -0.2) is 9.78 Å². The van der Waals surface area contributed by atoms with Crippen molar-refractivity contribution in [2.24, 2.45) is 0 Å². The van der Waals surface area contributed by atoms with Gasteiger partial charge in [0, 0.05) is 12.3 Å². The van der Waals surface area contributed by atoms with Crippen molar-refractivity contribution in [3.05, 3.63) is 34.1 Å². The molecule has 0 unspecified atom stereocenters. The highest BCUT2D eigenvalue weighted by Crippen LogP contribution is 2.15. The fourth-order valence-corrected chi connectivity index (χ4v) is 0.811. The number of aromatic nitrogens is 1. The summed E-state index contributed by atoms with van der Waals surface area (Å²) in [4.78, 5) is 23.9. The minimum Gasteiger partial charge on any atom is -0.342 e. The van der Waals surface area contributed by atoms with Crippen molar-refractivity contribution >= 4 is 23.5 Å². The Hall–Kier alpha value is -1.69. The average Bonchev–Trinajstić information content (AvgIpc) is 2.16. The predicted molar refractivity (Wildman–Crippen MR) is 42.2 cm³/mol. The third-order valence-corrected chi connectivity index (χ3v) is 1.39. The van der Waals surface area contributed by atoms with Crippen molar-refractivity contribution in [3.63, 3.8) is 0 Å². The molecule has 1 heterocycles. The summed E-state index contributed by atoms with van der Waals surface area (Å²) in [7, 11) is 0. The van der Waals surface area contributed by atoms with Crippen molar-refractivity contribution in [3.8, 4) is 0 Å². The molecule has 7 heteroatoms. The summed E-state index contributed by atoms with van der Waals surface area (Å²) in [6, 6.07) is 2.47. The van der Waals surface area contributed by atoms with Gasteiger partial charge in [0.2, 0.25) is 5.69 Å². The fraction of sp³-hybridized carbons (Fsp3) is 0. The SMILES string of the molecule is O=C(OCl)c1ncccc1[N+](=O)[O-]. The number of hydrogen-bond acceptors (Lipinski definition) is 5. The van der Waals surface area contributed by atoms with E-state index in [4.69, 9.17) is 11.9 Å². The zero-order valence-corrected chi connectivity index (χ0v) is 6.89. The Morgan fingerprint density at radius 3 is 2.92 bits per heavy atom. The lowest BCUT2D eigenvalue weighted by Gasteiger charge is -1.96. The number of carbonyl (C=O) groups is 1. The van der Waals surface area contributed by atoms with Crippen molar-refractivity contribution in [1.29, 1.82) is 0 Å². The van der Waals surface area contributed by atoms with Gasteiger partial charge in [-0.15, -0.1) is 0 Å². The second kappa shape index (κ2) is 3.81. The van der Waals surface area contributed by atoms with Crippen LogP contribution in [0.1, 0.15) is 10.5 Å². The van der Waals surface area contributed by atoms with Crippen LogP contribution in [0.5, 0.6) is 0 Å². The number of pyridine rings is 1. The minimum atomic E-state index is -1.05. The number of rotatable bonds is 2. The van der Waals surface area contributed by atoms with Gasteiger partial charge in [-0.05, 0) is 6.07 Å². The molecule has 0 atom stereocenters. The maximum atomic E-state index is 10.8. The standard InChI is InChI=1S/C6H3ClN2O4/c7-13-6(10)5-4(9(11)12)2-1-3-8-5/h1-3H. The van der Waals surface area contributed by atoms with Gasteiger partial charge in [0.1, 0.15) is 11.9 Å². The highest BCUT2D eigenvalue weighted by molar-refractivity contribution is 6.16. The van der Waals surface area contributed by atoms with E-state index in [1.165, 1.54) is 12.3 Å². The smallest absolute Gasteiger partial charge is 0.342 e. The van der Waals surface area contributed by atoms with Crippen LogP contribution in [-0.2, 0) is 4.29 Å². The Balaban J connectivity index is 3.19. The molecule has 0 saturated heterocycles. The fourth-order valence-electron chi connectivity index (χ4n) is 0.738. The first kappa shape index (κ1) is 9.40. The number of carbonyl (C=O) groups excluding carboxylic acids is 1. The van der Waals surface area contributed by atoms with E-state index in [-0.39, 0.29) is 0 Å². The van der Waals surface area contributed by atoms with E-state index in [1.54, 1.807) is 0 Å². The van der Waals surface area contributed by atoms with Crippen LogP contribution >= 0.6 is 11.9 Å². The van der Waals surface area contributed by atoms with Gasteiger partial charge in [0.05, 0.1) is 4.92 Å². The number of halogens is 1. The Bertz CT molecular complexity index is 354. The number of nitrogens with zero attached hydrogens (tertiary/aromatic N) is 2. The van der Waals surface area contributed by atoms with Gasteiger partial charge in [-0.3, -0.25) is 10.1 Å². The van der Waals surface area contributed by atoms with E-state index in [9.17, 15) is 14.9 Å². The van der Waals surface area contributed by atoms with Crippen LogP contribution in [0.2, 0.25) is 0 Å². The monoisotopic (exact) mass is 202 g/mol. The molecule has 0 aromatic carbocycles. The first-order chi connectivity index (χ1) is 6.16. The molecule has 0 aliphatic heterocycles. The zero-order valence-electron chi connectivity index (χ0n) is 6.14. The van der Waals surface area contributed by atoms with Gasteiger partial charge < -0.3 is 4.29 Å². The van der Waals surface area contributed by atoms with Gasteiger partial charge in [-0.2, -0.15) is 0 Å². The van der Waals surface area contributed by atoms with Crippen LogP contribution in [0.4, 0.5) is 5.69 Å². The molecule has 0 aliphatic rings. The quantitative estimate of drug-likeness (QED) is 0.533. The van der Waals surface area contributed by atoms with Crippen LogP contribution in [0.3, 0.4) is 0 Å². The maximum Gasteiger partial charge on any atom is 0.382 e. The lowest BCUT2D eigenvalue weighted by Crippen LogP contribution is -2.05. The molecule has 68 valence electrons. The molecule has 0 N–H and O–H groups in total. The summed E-state index contributed by atoms with van der Waals surface area (Å²) in [6.07, 6.45) is 1.23. The largest absolute Gasteiger partial charge is 0.382 e. The van der Waals surface area contributed by atoms with E-state index in [2.05, 4.69) is 9.27 Å². The molecule has 0 aliphatic carbocycles. The molecule has 1 rings (SSSR count). The Morgan fingerprint density at radius 1 is 1.69 bits per heavy atom. The summed E-state index contributed by atoms with van der Waals surface area (Å²) in [5, 5.41) is 10.4. The number of hydrogen-bond donors (Lipinski definition) is 0. The Morgan fingerprint density at radius 2 is 2.38 bits per heavy atom. The zero-order chi connectivity index (χ0) is 9.84. The summed E-state index contributed by atoms with van der Waals surface area (Å²) in [6.45, 7) is 0. The van der Waals surface area contributed by atoms with Crippen molar-refractivity contribution in [2.45, 2.75) is 0 Å². The molecule has 13 heavy (non-hydrogen) atoms. The van der Waals surface area contributed by atoms with Gasteiger partial charge in [0.25, 0.3) is 0 Å². The highest BCUT2D eigenvalue weighted by atomic mass is 35.5. The summed E-state index contributed by atoms with van der Waals surface area (Å²) in [5.74, 6) is -1.05. The van der Waals surface area contributed by atoms with Crippen LogP contribution in [0.15, 0.2) is 18.3 Å². The van der Waals surface area contributed by atoms with E-state index < -0.39 is 22.3 Å². The molecular weight excluding hydrogens is 200 g/mol. The van der Waals surface area contributed by atoms with E-state index in [0.29, 0.717) is 0 Å². The first-order valence-corrected chi connectivity index (χ1v) is 3.40. The average molecular weight is 203 g/mol. The van der Waals surface area contributed by atoms with Crippen LogP contribution in [0.25, 0.3) is 0 Å². The normalized spacial score (nSPS) is 9.31. The molecule has 6 nitrogen and oxygen atoms in total. The summed E-state index contributed by atoms with van der Waals surface area (Å²) < 4.78 is 3.79. The van der Waals surface area contributed by atoms with E-state index in [0.717, 1.165) is 6.07 Å². The third kappa shape index (κ3) is 1.91. The van der Waals surface area contributed by atoms with Crippen molar-refractivity contribution in [2.75, 3.05) is 0 Å². The van der Waals surface area contributed by atoms with Gasteiger partial charge >= 0.3 is 11.7 Å². The predicted octanol–water partition coefficient (Wildman–Crippen LogP) is 1.30. The minimum absolute atomic E-state index is 0.414. The van der Waals surface area contributed by atoms with Crippen LogP contribution in [0, 0.1) is 10.1 Å². The second-order valence-electron chi connectivity index (χ2n) is 1.99. The Labute approximate surface area is 77.4 Å². The lowest BCUT2D eigenvalue weighted by atomic mass is 10.3. The van der Waals surface area contributed by atoms with Gasteiger partial charge in [-0.1, -0.05) is 0 Å². The van der Waals surface area contributed by atoms with E-state index in [1.807, 2.05) is 0 Å². The first-order valence-electron chi connectivity index (χ1n) is 3.09. The molecule has 1 aromatic heterocycles. The van der Waals surface area contributed by atoms with Crippen LogP contribution in [-0.4, -0.2) is 15.9 Å². The highest BCUT2D eigenvalue weighted by Gasteiger charge is 2.22. The van der Waals surface area contributed by atoms with Crippen molar-refractivity contribution < 1.29 is 14.0 Å². The number of nitro groups is 1. The molecular formula is C6H3ClN2O4. The molecule has 0 fully saturated rings. The van der Waals surface area contributed by atoms with Crippen molar-refractivity contribution in [1.82, 2.24) is 4.98 Å². The third-order valence-electron chi connectivity index (χ3n) is 1.25. The molecule has 0 bridgehead atoms. The van der Waals surface area contributed by atoms with Gasteiger partial charge in [0.15, 0.2) is 0 Å². The van der Waals surface area contributed by atoms with Crippen LogP contribution < -0.4 is 0 Å². The molecule has 0 spiro atoms. The lowest BCUT2D eigenvalue weighted by molar-refractivity contribution is -0.385. The topological polar surface area (TPSA) is 82.3 Å². The Kier molecular flexibility index (Phi) is 2.76. The maximum absolute atomic E-state index is 10.8.